The number of allylic oxidation sites excluding steroid dienone is 1. The van der Waals surface area contributed by atoms with Crippen molar-refractivity contribution in [3.63, 3.8) is 0 Å². The first-order valence-corrected chi connectivity index (χ1v) is 4.29. The molecular weight excluding hydrogens is 169 g/mol. The van der Waals surface area contributed by atoms with Crippen LogP contribution in [0.2, 0.25) is 0 Å². The van der Waals surface area contributed by atoms with Gasteiger partial charge in [-0.15, -0.1) is 23.2 Å². The molecule has 0 saturated heterocycles. The molecule has 0 bridgehead atoms. The summed E-state index contributed by atoms with van der Waals surface area (Å²) >= 11 is 11.2. The Hall–Kier alpha value is -0.0100. The van der Waals surface area contributed by atoms with Crippen LogP contribution in [0.5, 0.6) is 0 Å². The molecule has 10 heavy (non-hydrogen) atoms. The number of halogens is 2. The molecule has 1 rings (SSSR count). The van der Waals surface area contributed by atoms with E-state index in [4.69, 9.17) is 23.2 Å². The Morgan fingerprint density at radius 1 is 1.60 bits per heavy atom. The average Bonchev–Trinajstić information content (AvgIpc) is 2.05. The van der Waals surface area contributed by atoms with E-state index in [1.54, 1.807) is 0 Å². The van der Waals surface area contributed by atoms with Crippen molar-refractivity contribution in [1.82, 2.24) is 0 Å². The van der Waals surface area contributed by atoms with E-state index in [0.29, 0.717) is 11.8 Å². The fraction of sp³-hybridized carbons (Fsp3) is 0.571. The maximum absolute atomic E-state index is 5.62. The first kappa shape index (κ1) is 8.09. The molecule has 1 heterocycles. The Morgan fingerprint density at radius 3 is 3.00 bits per heavy atom. The van der Waals surface area contributed by atoms with Crippen molar-refractivity contribution in [3.8, 4) is 0 Å². The van der Waals surface area contributed by atoms with Gasteiger partial charge in [-0.1, -0.05) is 6.08 Å². The molecule has 0 fully saturated rings. The highest BCUT2D eigenvalue weighted by atomic mass is 35.5. The van der Waals surface area contributed by atoms with Gasteiger partial charge in [0.15, 0.2) is 0 Å². The second kappa shape index (κ2) is 3.99. The zero-order valence-corrected chi connectivity index (χ0v) is 7.07. The van der Waals surface area contributed by atoms with Gasteiger partial charge in [-0.05, 0) is 12.5 Å². The lowest BCUT2D eigenvalue weighted by molar-refractivity contribution is 0.759. The molecule has 0 saturated carbocycles. The van der Waals surface area contributed by atoms with E-state index in [1.165, 1.54) is 0 Å². The molecule has 56 valence electrons. The highest BCUT2D eigenvalue weighted by Gasteiger charge is 2.07. The summed E-state index contributed by atoms with van der Waals surface area (Å²) in [6.07, 6.45) is 4.97. The first-order chi connectivity index (χ1) is 4.86. The molecule has 0 N–H and O–H groups in total. The molecule has 3 heteroatoms. The molecule has 0 amide bonds. The van der Waals surface area contributed by atoms with Crippen LogP contribution in [0.3, 0.4) is 0 Å². The molecule has 0 radical (unpaired) electrons. The van der Waals surface area contributed by atoms with E-state index in [-0.39, 0.29) is 6.04 Å². The van der Waals surface area contributed by atoms with E-state index >= 15 is 0 Å². The van der Waals surface area contributed by atoms with Crippen molar-refractivity contribution in [2.75, 3.05) is 11.8 Å². The summed E-state index contributed by atoms with van der Waals surface area (Å²) in [5.41, 5.74) is 0.943. The molecule has 1 aliphatic heterocycles. The standard InChI is InChI=1S/C7H9Cl2N/c8-4-6-2-1-3-7(5-9)10-6/h1-2,7H,3-5H2. The Labute approximate surface area is 70.7 Å². The summed E-state index contributed by atoms with van der Waals surface area (Å²) in [6, 6.07) is 0.250. The van der Waals surface area contributed by atoms with Crippen LogP contribution < -0.4 is 0 Å². The largest absolute Gasteiger partial charge is 0.284 e. The van der Waals surface area contributed by atoms with Gasteiger partial charge in [-0.3, -0.25) is 4.99 Å². The molecule has 1 aliphatic rings. The van der Waals surface area contributed by atoms with Crippen LogP contribution >= 0.6 is 23.2 Å². The van der Waals surface area contributed by atoms with Crippen LogP contribution in [-0.4, -0.2) is 23.5 Å². The number of dihydropyridines is 1. The molecule has 0 aromatic heterocycles. The third-order valence-electron chi connectivity index (χ3n) is 1.38. The Kier molecular flexibility index (Phi) is 3.23. The molecule has 0 aromatic carbocycles. The normalized spacial score (nSPS) is 24.6. The number of hydrogen-bond donors (Lipinski definition) is 0. The predicted molar refractivity (Wildman–Crippen MR) is 46.4 cm³/mol. The summed E-state index contributed by atoms with van der Waals surface area (Å²) in [4.78, 5) is 4.28. The minimum atomic E-state index is 0.250. The molecule has 0 aliphatic carbocycles. The number of aliphatic imine (C=N–C) groups is 1. The maximum atomic E-state index is 5.62. The second-order valence-electron chi connectivity index (χ2n) is 2.20. The summed E-state index contributed by atoms with van der Waals surface area (Å²) in [6.45, 7) is 0. The van der Waals surface area contributed by atoms with Crippen LogP contribution in [0.25, 0.3) is 0 Å². The minimum absolute atomic E-state index is 0.250. The number of nitrogens with zero attached hydrogens (tertiary/aromatic N) is 1. The number of alkyl halides is 2. The Bertz CT molecular complexity index is 163. The molecular formula is C7H9Cl2N. The van der Waals surface area contributed by atoms with Crippen molar-refractivity contribution in [3.05, 3.63) is 12.2 Å². The molecule has 1 atom stereocenters. The fourth-order valence-electron chi connectivity index (χ4n) is 0.868. The number of rotatable bonds is 2. The highest BCUT2D eigenvalue weighted by Crippen LogP contribution is 2.08. The van der Waals surface area contributed by atoms with Gasteiger partial charge < -0.3 is 0 Å². The first-order valence-electron chi connectivity index (χ1n) is 3.22. The quantitative estimate of drug-likeness (QED) is 0.575. The van der Waals surface area contributed by atoms with Crippen LogP contribution in [-0.2, 0) is 0 Å². The Balaban J connectivity index is 2.56. The van der Waals surface area contributed by atoms with Gasteiger partial charge in [-0.2, -0.15) is 0 Å². The number of hydrogen-bond acceptors (Lipinski definition) is 1. The third-order valence-corrected chi connectivity index (χ3v) is 2.01. The molecule has 0 aromatic rings. The summed E-state index contributed by atoms with van der Waals surface area (Å²) in [5.74, 6) is 1.08. The highest BCUT2D eigenvalue weighted by molar-refractivity contribution is 6.30. The minimum Gasteiger partial charge on any atom is -0.284 e. The van der Waals surface area contributed by atoms with Gasteiger partial charge in [0.05, 0.1) is 11.9 Å². The Morgan fingerprint density at radius 2 is 2.40 bits per heavy atom. The van der Waals surface area contributed by atoms with Crippen LogP contribution in [0.4, 0.5) is 0 Å². The van der Waals surface area contributed by atoms with E-state index in [0.717, 1.165) is 12.1 Å². The van der Waals surface area contributed by atoms with Gasteiger partial charge in [0.1, 0.15) is 0 Å². The fourth-order valence-corrected chi connectivity index (χ4v) is 1.22. The lowest BCUT2D eigenvalue weighted by Gasteiger charge is -2.11. The van der Waals surface area contributed by atoms with Gasteiger partial charge in [0.25, 0.3) is 0 Å². The van der Waals surface area contributed by atoms with Crippen LogP contribution in [0.15, 0.2) is 17.1 Å². The SMILES string of the molecule is ClCC1=NC(CCl)CC=C1. The lowest BCUT2D eigenvalue weighted by atomic mass is 10.1. The molecule has 1 nitrogen and oxygen atoms in total. The van der Waals surface area contributed by atoms with E-state index in [1.807, 2.05) is 6.08 Å². The molecule has 1 unspecified atom stereocenters. The summed E-state index contributed by atoms with van der Waals surface area (Å²) in [5, 5.41) is 0. The van der Waals surface area contributed by atoms with Crippen molar-refractivity contribution in [2.45, 2.75) is 12.5 Å². The topological polar surface area (TPSA) is 12.4 Å². The van der Waals surface area contributed by atoms with Crippen molar-refractivity contribution in [2.24, 2.45) is 4.99 Å². The van der Waals surface area contributed by atoms with Crippen molar-refractivity contribution < 1.29 is 0 Å². The van der Waals surface area contributed by atoms with Crippen LogP contribution in [0, 0.1) is 0 Å². The maximum Gasteiger partial charge on any atom is 0.0673 e. The lowest BCUT2D eigenvalue weighted by Crippen LogP contribution is -2.13. The third kappa shape index (κ3) is 1.99. The van der Waals surface area contributed by atoms with Gasteiger partial charge in [0.2, 0.25) is 0 Å². The second-order valence-corrected chi connectivity index (χ2v) is 2.78. The van der Waals surface area contributed by atoms with Gasteiger partial charge in [-0.25, -0.2) is 0 Å². The molecule has 0 spiro atoms. The zero-order chi connectivity index (χ0) is 7.40. The summed E-state index contributed by atoms with van der Waals surface area (Å²) in [7, 11) is 0. The van der Waals surface area contributed by atoms with Crippen molar-refractivity contribution in [1.29, 1.82) is 0 Å². The van der Waals surface area contributed by atoms with E-state index in [2.05, 4.69) is 11.1 Å². The summed E-state index contributed by atoms with van der Waals surface area (Å²) < 4.78 is 0. The van der Waals surface area contributed by atoms with Gasteiger partial charge >= 0.3 is 0 Å². The zero-order valence-electron chi connectivity index (χ0n) is 5.56. The van der Waals surface area contributed by atoms with Crippen LogP contribution in [0.1, 0.15) is 6.42 Å². The smallest absolute Gasteiger partial charge is 0.0673 e. The monoisotopic (exact) mass is 177 g/mol. The van der Waals surface area contributed by atoms with Gasteiger partial charge in [0, 0.05) is 11.6 Å². The van der Waals surface area contributed by atoms with Crippen molar-refractivity contribution >= 4 is 28.9 Å². The average molecular weight is 178 g/mol. The van der Waals surface area contributed by atoms with E-state index < -0.39 is 0 Å². The predicted octanol–water partition coefficient (Wildman–Crippen LogP) is 2.23. The van der Waals surface area contributed by atoms with E-state index in [9.17, 15) is 0 Å².